The molecule has 1 aliphatic heterocycles. The number of nitrogens with two attached hydrogens (primary N) is 1. The van der Waals surface area contributed by atoms with Gasteiger partial charge in [0.05, 0.1) is 18.8 Å². The van der Waals surface area contributed by atoms with Gasteiger partial charge in [-0.3, -0.25) is 0 Å². The van der Waals surface area contributed by atoms with Crippen LogP contribution in [0.1, 0.15) is 24.1 Å². The molecule has 1 heterocycles. The Labute approximate surface area is 76.5 Å². The van der Waals surface area contributed by atoms with Crippen LogP contribution in [0.25, 0.3) is 0 Å². The minimum Gasteiger partial charge on any atom is -0.372 e. The first-order chi connectivity index (χ1) is 6.20. The first-order valence-electron chi connectivity index (χ1n) is 4.34. The van der Waals surface area contributed by atoms with Gasteiger partial charge in [0.25, 0.3) is 0 Å². The van der Waals surface area contributed by atoms with Gasteiger partial charge in [-0.1, -0.05) is 12.1 Å². The molecule has 0 aromatic heterocycles. The lowest BCUT2D eigenvalue weighted by Gasteiger charge is -2.28. The zero-order chi connectivity index (χ0) is 9.42. The molecule has 0 bridgehead atoms. The predicted molar refractivity (Wildman–Crippen MR) is 47.6 cm³/mol. The minimum atomic E-state index is -0.222. The molecule has 2 rings (SSSR count). The molecule has 0 amide bonds. The minimum absolute atomic E-state index is 0.0331. The molecule has 0 saturated carbocycles. The molecule has 0 unspecified atom stereocenters. The van der Waals surface area contributed by atoms with Crippen LogP contribution in [0.3, 0.4) is 0 Å². The lowest BCUT2D eigenvalue weighted by atomic mass is 9.95. The molecule has 0 spiro atoms. The van der Waals surface area contributed by atoms with Crippen molar-refractivity contribution >= 4 is 0 Å². The van der Waals surface area contributed by atoms with Gasteiger partial charge < -0.3 is 10.5 Å². The highest BCUT2D eigenvalue weighted by Gasteiger charge is 2.25. The molecule has 0 saturated heterocycles. The van der Waals surface area contributed by atoms with Crippen LogP contribution >= 0.6 is 0 Å². The molecule has 70 valence electrons. The Balaban J connectivity index is 2.49. The van der Waals surface area contributed by atoms with E-state index in [1.165, 1.54) is 6.07 Å². The fraction of sp³-hybridized carbons (Fsp3) is 0.400. The highest BCUT2D eigenvalue weighted by Crippen LogP contribution is 2.28. The number of halogens is 1. The maximum Gasteiger partial charge on any atom is 0.129 e. The van der Waals surface area contributed by atoms with Crippen molar-refractivity contribution in [3.63, 3.8) is 0 Å². The van der Waals surface area contributed by atoms with Gasteiger partial charge in [-0.15, -0.1) is 0 Å². The van der Waals surface area contributed by atoms with E-state index in [0.29, 0.717) is 12.2 Å². The Morgan fingerprint density at radius 1 is 1.54 bits per heavy atom. The second-order valence-electron chi connectivity index (χ2n) is 3.35. The van der Waals surface area contributed by atoms with Crippen molar-refractivity contribution in [1.82, 2.24) is 0 Å². The van der Waals surface area contributed by atoms with Gasteiger partial charge in [-0.2, -0.15) is 0 Å². The number of hydrogen-bond donors (Lipinski definition) is 1. The first kappa shape index (κ1) is 8.66. The molecule has 1 aromatic rings. The van der Waals surface area contributed by atoms with Crippen LogP contribution in [0.15, 0.2) is 18.2 Å². The summed E-state index contributed by atoms with van der Waals surface area (Å²) in [6, 6.07) is 4.78. The van der Waals surface area contributed by atoms with E-state index < -0.39 is 0 Å². The number of hydrogen-bond acceptors (Lipinski definition) is 2. The monoisotopic (exact) mass is 181 g/mol. The van der Waals surface area contributed by atoms with Crippen LogP contribution < -0.4 is 5.73 Å². The molecule has 0 fully saturated rings. The van der Waals surface area contributed by atoms with Gasteiger partial charge in [0.15, 0.2) is 0 Å². The van der Waals surface area contributed by atoms with E-state index in [1.54, 1.807) is 6.07 Å². The summed E-state index contributed by atoms with van der Waals surface area (Å²) >= 11 is 0. The lowest BCUT2D eigenvalue weighted by molar-refractivity contribution is 0.0194. The fourth-order valence-electron chi connectivity index (χ4n) is 1.61. The van der Waals surface area contributed by atoms with Crippen molar-refractivity contribution < 1.29 is 9.13 Å². The highest BCUT2D eigenvalue weighted by molar-refractivity contribution is 5.32. The summed E-state index contributed by atoms with van der Waals surface area (Å²) in [5.41, 5.74) is 7.35. The van der Waals surface area contributed by atoms with Gasteiger partial charge >= 0.3 is 0 Å². The Morgan fingerprint density at radius 2 is 2.31 bits per heavy atom. The van der Waals surface area contributed by atoms with E-state index in [2.05, 4.69) is 0 Å². The molecule has 1 aromatic carbocycles. The molecule has 13 heavy (non-hydrogen) atoms. The summed E-state index contributed by atoms with van der Waals surface area (Å²) < 4.78 is 18.6. The van der Waals surface area contributed by atoms with E-state index in [-0.39, 0.29) is 18.0 Å². The van der Waals surface area contributed by atoms with E-state index in [0.717, 1.165) is 5.56 Å². The number of ether oxygens (including phenoxy) is 1. The normalized spacial score (nSPS) is 27.0. The van der Waals surface area contributed by atoms with Gasteiger partial charge in [0, 0.05) is 5.56 Å². The van der Waals surface area contributed by atoms with Crippen molar-refractivity contribution in [2.45, 2.75) is 25.7 Å². The van der Waals surface area contributed by atoms with E-state index >= 15 is 0 Å². The first-order valence-corrected chi connectivity index (χ1v) is 4.34. The topological polar surface area (TPSA) is 35.2 Å². The van der Waals surface area contributed by atoms with E-state index in [9.17, 15) is 4.39 Å². The Hall–Kier alpha value is -0.930. The fourth-order valence-corrected chi connectivity index (χ4v) is 1.61. The van der Waals surface area contributed by atoms with Crippen LogP contribution in [0, 0.1) is 5.82 Å². The van der Waals surface area contributed by atoms with Crippen molar-refractivity contribution in [1.29, 1.82) is 0 Å². The number of benzene rings is 1. The maximum absolute atomic E-state index is 13.2. The lowest BCUT2D eigenvalue weighted by Crippen LogP contribution is -2.31. The predicted octanol–water partition coefficient (Wildman–Crippen LogP) is 1.74. The molecule has 2 nitrogen and oxygen atoms in total. The van der Waals surface area contributed by atoms with Crippen LogP contribution in [0.4, 0.5) is 4.39 Å². The molecule has 2 N–H and O–H groups in total. The maximum atomic E-state index is 13.2. The molecule has 0 aliphatic carbocycles. The van der Waals surface area contributed by atoms with Gasteiger partial charge in [0.2, 0.25) is 0 Å². The quantitative estimate of drug-likeness (QED) is 0.661. The van der Waals surface area contributed by atoms with Crippen LogP contribution in [0.5, 0.6) is 0 Å². The second-order valence-corrected chi connectivity index (χ2v) is 3.35. The Bertz CT molecular complexity index is 327. The van der Waals surface area contributed by atoms with Crippen LogP contribution in [0.2, 0.25) is 0 Å². The largest absolute Gasteiger partial charge is 0.372 e. The molecular weight excluding hydrogens is 169 g/mol. The van der Waals surface area contributed by atoms with Gasteiger partial charge in [-0.05, 0) is 18.6 Å². The van der Waals surface area contributed by atoms with E-state index in [1.807, 2.05) is 13.0 Å². The molecule has 1 aliphatic rings. The summed E-state index contributed by atoms with van der Waals surface area (Å²) in [6.45, 7) is 2.23. The number of fused-ring (bicyclic) bond motifs is 1. The molecule has 0 radical (unpaired) electrons. The summed E-state index contributed by atoms with van der Waals surface area (Å²) in [7, 11) is 0. The Kier molecular flexibility index (Phi) is 2.06. The van der Waals surface area contributed by atoms with E-state index in [4.69, 9.17) is 10.5 Å². The average molecular weight is 181 g/mol. The summed E-state index contributed by atoms with van der Waals surface area (Å²) in [4.78, 5) is 0. The van der Waals surface area contributed by atoms with Crippen molar-refractivity contribution in [3.05, 3.63) is 35.1 Å². The summed E-state index contributed by atoms with van der Waals surface area (Å²) in [6.07, 6.45) is -0.0331. The highest BCUT2D eigenvalue weighted by atomic mass is 19.1. The smallest absolute Gasteiger partial charge is 0.129 e. The van der Waals surface area contributed by atoms with Crippen LogP contribution in [-0.4, -0.2) is 6.10 Å². The van der Waals surface area contributed by atoms with Crippen molar-refractivity contribution in [3.8, 4) is 0 Å². The molecule has 2 atom stereocenters. The standard InChI is InChI=1S/C10H12FNO/c1-6-10(12)7-3-2-4-9(11)8(7)5-13-6/h2-4,6,10H,5,12H2,1H3/t6-,10+/m0/s1. The SMILES string of the molecule is C[C@@H]1OCc2c(F)cccc2[C@@H]1N. The summed E-state index contributed by atoms with van der Waals surface area (Å²) in [5, 5.41) is 0. The summed E-state index contributed by atoms with van der Waals surface area (Å²) in [5.74, 6) is -0.222. The number of rotatable bonds is 0. The van der Waals surface area contributed by atoms with Gasteiger partial charge in [-0.25, -0.2) is 4.39 Å². The van der Waals surface area contributed by atoms with Crippen molar-refractivity contribution in [2.24, 2.45) is 5.73 Å². The molecule has 3 heteroatoms. The average Bonchev–Trinajstić information content (AvgIpc) is 2.12. The van der Waals surface area contributed by atoms with Gasteiger partial charge in [0.1, 0.15) is 5.82 Å². The van der Waals surface area contributed by atoms with Crippen LogP contribution in [-0.2, 0) is 11.3 Å². The third-order valence-corrected chi connectivity index (χ3v) is 2.51. The van der Waals surface area contributed by atoms with Crippen molar-refractivity contribution in [2.75, 3.05) is 0 Å². The Morgan fingerprint density at radius 3 is 3.08 bits per heavy atom. The zero-order valence-corrected chi connectivity index (χ0v) is 7.46. The third kappa shape index (κ3) is 1.34. The second kappa shape index (κ2) is 3.09. The zero-order valence-electron chi connectivity index (χ0n) is 7.46. The third-order valence-electron chi connectivity index (χ3n) is 2.51. The molecular formula is C10H12FNO.